The van der Waals surface area contributed by atoms with Gasteiger partial charge < -0.3 is 15.4 Å². The smallest absolute Gasteiger partial charge is 0.379 e. The van der Waals surface area contributed by atoms with Crippen LogP contribution in [0.2, 0.25) is 0 Å². The minimum Gasteiger partial charge on any atom is -0.379 e. The molecule has 0 aliphatic carbocycles. The molecule has 1 aromatic carbocycles. The second-order valence-electron chi connectivity index (χ2n) is 6.32. The first-order valence-electron chi connectivity index (χ1n) is 8.78. The summed E-state index contributed by atoms with van der Waals surface area (Å²) in [5.41, 5.74) is 2.35. The lowest BCUT2D eigenvalue weighted by Crippen LogP contribution is -2.46. The SMILES string of the molecule is CN=C(NCCC(F)(F)F)NCC(c1cccc(C)c1)N1CCOCC1.I. The minimum absolute atomic E-state index is 0. The molecule has 9 heteroatoms. The van der Waals surface area contributed by atoms with Crippen LogP contribution in [0, 0.1) is 6.92 Å². The highest BCUT2D eigenvalue weighted by Gasteiger charge is 2.27. The molecular weight excluding hydrogens is 472 g/mol. The van der Waals surface area contributed by atoms with Crippen LogP contribution >= 0.6 is 24.0 Å². The number of aryl methyl sites for hydroxylation is 1. The number of alkyl halides is 3. The number of rotatable bonds is 6. The van der Waals surface area contributed by atoms with Crippen LogP contribution in [0.3, 0.4) is 0 Å². The number of hydrogen-bond donors (Lipinski definition) is 2. The van der Waals surface area contributed by atoms with Crippen LogP contribution in [-0.2, 0) is 4.74 Å². The van der Waals surface area contributed by atoms with E-state index in [2.05, 4.69) is 32.7 Å². The number of nitrogens with zero attached hydrogens (tertiary/aromatic N) is 2. The molecule has 0 bridgehead atoms. The Morgan fingerprint density at radius 1 is 1.26 bits per heavy atom. The summed E-state index contributed by atoms with van der Waals surface area (Å²) in [6, 6.07) is 8.38. The highest BCUT2D eigenvalue weighted by Crippen LogP contribution is 2.22. The third-order valence-corrected chi connectivity index (χ3v) is 4.30. The van der Waals surface area contributed by atoms with Gasteiger partial charge in [0.25, 0.3) is 0 Å². The zero-order chi connectivity index (χ0) is 19.0. The summed E-state index contributed by atoms with van der Waals surface area (Å²) in [6.45, 7) is 5.40. The van der Waals surface area contributed by atoms with E-state index in [1.54, 1.807) is 7.05 Å². The van der Waals surface area contributed by atoms with Crippen molar-refractivity contribution in [1.29, 1.82) is 0 Å². The number of benzene rings is 1. The van der Waals surface area contributed by atoms with Gasteiger partial charge in [-0.3, -0.25) is 9.89 Å². The van der Waals surface area contributed by atoms with E-state index >= 15 is 0 Å². The molecular formula is C18H28F3IN4O. The van der Waals surface area contributed by atoms with E-state index < -0.39 is 12.6 Å². The van der Waals surface area contributed by atoms with Gasteiger partial charge in [0.15, 0.2) is 5.96 Å². The Bertz CT molecular complexity index is 592. The molecule has 2 N–H and O–H groups in total. The Balaban J connectivity index is 0.00000364. The summed E-state index contributed by atoms with van der Waals surface area (Å²) in [5.74, 6) is 0.375. The van der Waals surface area contributed by atoms with Gasteiger partial charge in [0.2, 0.25) is 0 Å². The third-order valence-electron chi connectivity index (χ3n) is 4.30. The Kier molecular flexibility index (Phi) is 10.4. The van der Waals surface area contributed by atoms with E-state index in [1.165, 1.54) is 11.1 Å². The molecule has 0 amide bonds. The number of aliphatic imine (C=N–C) groups is 1. The van der Waals surface area contributed by atoms with Crippen LogP contribution in [-0.4, -0.2) is 63.5 Å². The molecule has 154 valence electrons. The van der Waals surface area contributed by atoms with Gasteiger partial charge in [0.05, 0.1) is 25.7 Å². The maximum absolute atomic E-state index is 12.3. The van der Waals surface area contributed by atoms with Crippen molar-refractivity contribution in [2.75, 3.05) is 46.4 Å². The molecule has 0 spiro atoms. The Morgan fingerprint density at radius 3 is 2.56 bits per heavy atom. The lowest BCUT2D eigenvalue weighted by molar-refractivity contribution is -0.132. The lowest BCUT2D eigenvalue weighted by atomic mass is 10.0. The van der Waals surface area contributed by atoms with Gasteiger partial charge in [0.1, 0.15) is 0 Å². The number of ether oxygens (including phenoxy) is 1. The number of nitrogens with one attached hydrogen (secondary N) is 2. The van der Waals surface area contributed by atoms with Crippen LogP contribution < -0.4 is 10.6 Å². The number of hydrogen-bond acceptors (Lipinski definition) is 3. The highest BCUT2D eigenvalue weighted by atomic mass is 127. The Morgan fingerprint density at radius 2 is 1.96 bits per heavy atom. The molecule has 1 aromatic rings. The molecule has 1 unspecified atom stereocenters. The van der Waals surface area contributed by atoms with E-state index in [-0.39, 0.29) is 36.6 Å². The summed E-state index contributed by atoms with van der Waals surface area (Å²) in [4.78, 5) is 6.35. The fourth-order valence-electron chi connectivity index (χ4n) is 2.96. The van der Waals surface area contributed by atoms with Gasteiger partial charge in [-0.05, 0) is 12.5 Å². The van der Waals surface area contributed by atoms with Crippen molar-refractivity contribution in [2.24, 2.45) is 4.99 Å². The molecule has 1 aliphatic heterocycles. The van der Waals surface area contributed by atoms with Crippen molar-refractivity contribution in [2.45, 2.75) is 25.6 Å². The molecule has 1 heterocycles. The van der Waals surface area contributed by atoms with Crippen LogP contribution in [0.5, 0.6) is 0 Å². The second-order valence-corrected chi connectivity index (χ2v) is 6.32. The number of morpholine rings is 1. The first-order chi connectivity index (χ1) is 12.4. The van der Waals surface area contributed by atoms with Crippen molar-refractivity contribution in [1.82, 2.24) is 15.5 Å². The van der Waals surface area contributed by atoms with Crippen molar-refractivity contribution in [3.8, 4) is 0 Å². The van der Waals surface area contributed by atoms with Gasteiger partial charge in [-0.2, -0.15) is 13.2 Å². The van der Waals surface area contributed by atoms with E-state index in [0.717, 1.165) is 13.1 Å². The Labute approximate surface area is 175 Å². The predicted molar refractivity (Wildman–Crippen MR) is 112 cm³/mol. The van der Waals surface area contributed by atoms with Gasteiger partial charge in [-0.1, -0.05) is 29.8 Å². The summed E-state index contributed by atoms with van der Waals surface area (Å²) in [7, 11) is 1.55. The van der Waals surface area contributed by atoms with Gasteiger partial charge in [-0.25, -0.2) is 0 Å². The van der Waals surface area contributed by atoms with E-state index in [1.807, 2.05) is 19.1 Å². The average molecular weight is 500 g/mol. The van der Waals surface area contributed by atoms with Gasteiger partial charge >= 0.3 is 6.18 Å². The quantitative estimate of drug-likeness (QED) is 0.358. The molecule has 1 aliphatic rings. The Hall–Kier alpha value is -1.07. The van der Waals surface area contributed by atoms with Crippen LogP contribution in [0.1, 0.15) is 23.6 Å². The molecule has 1 saturated heterocycles. The van der Waals surface area contributed by atoms with Crippen molar-refractivity contribution < 1.29 is 17.9 Å². The first kappa shape index (κ1) is 24.0. The van der Waals surface area contributed by atoms with Crippen LogP contribution in [0.4, 0.5) is 13.2 Å². The minimum atomic E-state index is -4.18. The molecule has 0 aromatic heterocycles. The van der Waals surface area contributed by atoms with Crippen molar-refractivity contribution >= 4 is 29.9 Å². The van der Waals surface area contributed by atoms with E-state index in [4.69, 9.17) is 4.74 Å². The second kappa shape index (κ2) is 11.7. The average Bonchev–Trinajstić information content (AvgIpc) is 2.60. The number of halogens is 4. The molecule has 5 nitrogen and oxygen atoms in total. The predicted octanol–water partition coefficient (Wildman–Crippen LogP) is 3.10. The molecule has 0 radical (unpaired) electrons. The monoisotopic (exact) mass is 500 g/mol. The molecule has 1 atom stereocenters. The fourth-order valence-corrected chi connectivity index (χ4v) is 2.96. The molecule has 0 saturated carbocycles. The van der Waals surface area contributed by atoms with E-state index in [9.17, 15) is 13.2 Å². The normalized spacial score (nSPS) is 17.1. The molecule has 2 rings (SSSR count). The first-order valence-corrected chi connectivity index (χ1v) is 8.78. The largest absolute Gasteiger partial charge is 0.390 e. The van der Waals surface area contributed by atoms with Gasteiger partial charge in [-0.15, -0.1) is 24.0 Å². The summed E-state index contributed by atoms with van der Waals surface area (Å²) >= 11 is 0. The molecule has 27 heavy (non-hydrogen) atoms. The topological polar surface area (TPSA) is 48.9 Å². The van der Waals surface area contributed by atoms with E-state index in [0.29, 0.717) is 25.7 Å². The van der Waals surface area contributed by atoms with Crippen LogP contribution in [0.15, 0.2) is 29.3 Å². The van der Waals surface area contributed by atoms with Crippen LogP contribution in [0.25, 0.3) is 0 Å². The number of guanidine groups is 1. The van der Waals surface area contributed by atoms with Crippen molar-refractivity contribution in [3.63, 3.8) is 0 Å². The van der Waals surface area contributed by atoms with Gasteiger partial charge in [0, 0.05) is 33.2 Å². The van der Waals surface area contributed by atoms with Crippen molar-refractivity contribution in [3.05, 3.63) is 35.4 Å². The lowest BCUT2D eigenvalue weighted by Gasteiger charge is -2.35. The maximum Gasteiger partial charge on any atom is 0.390 e. The fraction of sp³-hybridized carbons (Fsp3) is 0.611. The third kappa shape index (κ3) is 8.65. The zero-order valence-electron chi connectivity index (χ0n) is 15.7. The standard InChI is InChI=1S/C18H27F3N4O.HI/c1-14-4-3-5-15(12-14)16(25-8-10-26-11-9-25)13-24-17(22-2)23-7-6-18(19,20)21;/h3-5,12,16H,6-11,13H2,1-2H3,(H2,22,23,24);1H. The zero-order valence-corrected chi connectivity index (χ0v) is 18.0. The maximum atomic E-state index is 12.3. The highest BCUT2D eigenvalue weighted by molar-refractivity contribution is 14.0. The molecule has 1 fully saturated rings. The summed E-state index contributed by atoms with van der Waals surface area (Å²) in [6.07, 6.45) is -5.07. The summed E-state index contributed by atoms with van der Waals surface area (Å²) < 4.78 is 42.4. The summed E-state index contributed by atoms with van der Waals surface area (Å²) in [5, 5.41) is 5.88.